The van der Waals surface area contributed by atoms with Gasteiger partial charge in [-0.1, -0.05) is 18.2 Å². The van der Waals surface area contributed by atoms with Gasteiger partial charge in [0.05, 0.1) is 6.54 Å². The topological polar surface area (TPSA) is 63.2 Å². The molecule has 1 aromatic rings. The van der Waals surface area contributed by atoms with Gasteiger partial charge in [-0.3, -0.25) is 14.7 Å². The number of aliphatic imine (C=N–C) groups is 1. The van der Waals surface area contributed by atoms with Gasteiger partial charge in [0.25, 0.3) is 0 Å². The van der Waals surface area contributed by atoms with Crippen LogP contribution in [0.2, 0.25) is 0 Å². The summed E-state index contributed by atoms with van der Waals surface area (Å²) in [4.78, 5) is 22.9. The van der Waals surface area contributed by atoms with Crippen molar-refractivity contribution in [2.24, 2.45) is 4.99 Å². The first-order valence-electron chi connectivity index (χ1n) is 10.5. The van der Waals surface area contributed by atoms with Crippen molar-refractivity contribution in [1.82, 2.24) is 20.4 Å². The summed E-state index contributed by atoms with van der Waals surface area (Å²) in [5.41, 5.74) is 1.29. The Morgan fingerprint density at radius 2 is 1.86 bits per heavy atom. The highest BCUT2D eigenvalue weighted by atomic mass is 127. The largest absolute Gasteiger partial charge is 0.369 e. The van der Waals surface area contributed by atoms with Crippen molar-refractivity contribution in [2.75, 3.05) is 63.8 Å². The molecule has 2 aliphatic heterocycles. The zero-order chi connectivity index (χ0) is 19.8. The predicted molar refractivity (Wildman–Crippen MR) is 130 cm³/mol. The van der Waals surface area contributed by atoms with Crippen molar-refractivity contribution in [3.05, 3.63) is 30.3 Å². The molecule has 29 heavy (non-hydrogen) atoms. The summed E-state index contributed by atoms with van der Waals surface area (Å²) in [5, 5.41) is 6.97. The average Bonchev–Trinajstić information content (AvgIpc) is 3.18. The molecule has 1 aromatic carbocycles. The van der Waals surface area contributed by atoms with Crippen LogP contribution in [0.15, 0.2) is 35.3 Å². The second kappa shape index (κ2) is 12.2. The molecule has 0 spiro atoms. The van der Waals surface area contributed by atoms with Gasteiger partial charge in [-0.15, -0.1) is 24.0 Å². The van der Waals surface area contributed by atoms with E-state index < -0.39 is 0 Å². The van der Waals surface area contributed by atoms with Gasteiger partial charge in [0.1, 0.15) is 0 Å². The number of nitrogens with one attached hydrogen (secondary N) is 2. The number of carbonyl (C=O) groups excluding carboxylic acids is 1. The van der Waals surface area contributed by atoms with Crippen molar-refractivity contribution < 1.29 is 4.79 Å². The minimum atomic E-state index is 0. The molecule has 0 radical (unpaired) electrons. The molecule has 1 atom stereocenters. The molecule has 2 heterocycles. The normalized spacial score (nSPS) is 20.3. The van der Waals surface area contributed by atoms with E-state index in [1.165, 1.54) is 5.69 Å². The van der Waals surface area contributed by atoms with E-state index in [-0.39, 0.29) is 29.9 Å². The van der Waals surface area contributed by atoms with Crippen molar-refractivity contribution in [2.45, 2.75) is 26.3 Å². The second-order valence-electron chi connectivity index (χ2n) is 7.52. The number of amides is 1. The standard InChI is InChI=1S/C21H34N6O.HI/c1-3-22-21(23-10-12-25-13-15-26(16-14-25)18(2)28)24-19-9-11-27(17-19)20-7-5-4-6-8-20;/h4-8,19H,3,9-17H2,1-2H3,(H2,22,23,24);1H. The van der Waals surface area contributed by atoms with Gasteiger partial charge in [-0.25, -0.2) is 0 Å². The highest BCUT2D eigenvalue weighted by Gasteiger charge is 2.23. The maximum Gasteiger partial charge on any atom is 0.219 e. The number of guanidine groups is 1. The Bertz CT molecular complexity index is 648. The molecule has 0 bridgehead atoms. The van der Waals surface area contributed by atoms with Crippen molar-refractivity contribution in [3.63, 3.8) is 0 Å². The lowest BCUT2D eigenvalue weighted by molar-refractivity contribution is -0.130. The monoisotopic (exact) mass is 514 g/mol. The second-order valence-corrected chi connectivity index (χ2v) is 7.52. The lowest BCUT2D eigenvalue weighted by atomic mass is 10.3. The minimum Gasteiger partial charge on any atom is -0.369 e. The molecule has 0 aliphatic carbocycles. The maximum atomic E-state index is 11.4. The molecular weight excluding hydrogens is 479 g/mol. The summed E-state index contributed by atoms with van der Waals surface area (Å²) in [7, 11) is 0. The van der Waals surface area contributed by atoms with E-state index in [9.17, 15) is 4.79 Å². The third-order valence-electron chi connectivity index (χ3n) is 5.50. The van der Waals surface area contributed by atoms with E-state index in [1.807, 2.05) is 4.90 Å². The number of carbonyl (C=O) groups is 1. The Morgan fingerprint density at radius 1 is 1.14 bits per heavy atom. The van der Waals surface area contributed by atoms with E-state index in [0.717, 1.165) is 71.3 Å². The minimum absolute atomic E-state index is 0. The number of para-hydroxylation sites is 1. The molecular formula is C21H35IN6O. The predicted octanol–water partition coefficient (Wildman–Crippen LogP) is 1.60. The van der Waals surface area contributed by atoms with E-state index in [2.05, 4.69) is 57.7 Å². The van der Waals surface area contributed by atoms with E-state index in [1.54, 1.807) is 6.92 Å². The molecule has 1 unspecified atom stereocenters. The molecule has 8 heteroatoms. The Kier molecular flexibility index (Phi) is 9.99. The molecule has 162 valence electrons. The molecule has 7 nitrogen and oxygen atoms in total. The summed E-state index contributed by atoms with van der Waals surface area (Å²) in [6, 6.07) is 11.0. The third kappa shape index (κ3) is 7.33. The van der Waals surface area contributed by atoms with Gasteiger partial charge < -0.3 is 20.4 Å². The Labute approximate surface area is 191 Å². The lowest BCUT2D eigenvalue weighted by Crippen LogP contribution is -2.49. The maximum absolute atomic E-state index is 11.4. The number of hydrogen-bond acceptors (Lipinski definition) is 4. The SMILES string of the molecule is CCNC(=NCCN1CCN(C(C)=O)CC1)NC1CCN(c2ccccc2)C1.I. The smallest absolute Gasteiger partial charge is 0.219 e. The quantitative estimate of drug-likeness (QED) is 0.343. The van der Waals surface area contributed by atoms with E-state index in [4.69, 9.17) is 4.99 Å². The van der Waals surface area contributed by atoms with Gasteiger partial charge in [0, 0.05) is 71.0 Å². The van der Waals surface area contributed by atoms with Gasteiger partial charge in [0.15, 0.2) is 5.96 Å². The van der Waals surface area contributed by atoms with Gasteiger partial charge in [-0.2, -0.15) is 0 Å². The number of anilines is 1. The van der Waals surface area contributed by atoms with Crippen LogP contribution < -0.4 is 15.5 Å². The van der Waals surface area contributed by atoms with Crippen LogP contribution in [-0.4, -0.2) is 86.6 Å². The fourth-order valence-corrected chi connectivity index (χ4v) is 3.85. The molecule has 2 N–H and O–H groups in total. The summed E-state index contributed by atoms with van der Waals surface area (Å²) in [6.07, 6.45) is 1.12. The van der Waals surface area contributed by atoms with Crippen LogP contribution in [0.25, 0.3) is 0 Å². The van der Waals surface area contributed by atoms with E-state index >= 15 is 0 Å². The lowest BCUT2D eigenvalue weighted by Gasteiger charge is -2.33. The number of hydrogen-bond donors (Lipinski definition) is 2. The molecule has 2 fully saturated rings. The van der Waals surface area contributed by atoms with Crippen LogP contribution in [0.5, 0.6) is 0 Å². The van der Waals surface area contributed by atoms with Crippen LogP contribution in [0.4, 0.5) is 5.69 Å². The first-order valence-corrected chi connectivity index (χ1v) is 10.5. The van der Waals surface area contributed by atoms with Crippen LogP contribution in [-0.2, 0) is 4.79 Å². The summed E-state index contributed by atoms with van der Waals surface area (Å²) >= 11 is 0. The molecule has 2 saturated heterocycles. The summed E-state index contributed by atoms with van der Waals surface area (Å²) < 4.78 is 0. The zero-order valence-corrected chi connectivity index (χ0v) is 20.0. The highest BCUT2D eigenvalue weighted by molar-refractivity contribution is 14.0. The Balaban J connectivity index is 0.00000300. The fourth-order valence-electron chi connectivity index (χ4n) is 3.85. The molecule has 3 rings (SSSR count). The highest BCUT2D eigenvalue weighted by Crippen LogP contribution is 2.19. The van der Waals surface area contributed by atoms with Crippen molar-refractivity contribution in [1.29, 1.82) is 0 Å². The molecule has 0 aromatic heterocycles. The van der Waals surface area contributed by atoms with Crippen molar-refractivity contribution >= 4 is 41.5 Å². The van der Waals surface area contributed by atoms with Gasteiger partial charge >= 0.3 is 0 Å². The number of nitrogens with zero attached hydrogens (tertiary/aromatic N) is 4. The first kappa shape index (κ1) is 23.7. The van der Waals surface area contributed by atoms with Gasteiger partial charge in [-0.05, 0) is 25.5 Å². The Hall–Kier alpha value is -1.55. The Morgan fingerprint density at radius 3 is 2.52 bits per heavy atom. The number of halogens is 1. The molecule has 0 saturated carbocycles. The fraction of sp³-hybridized carbons (Fsp3) is 0.619. The zero-order valence-electron chi connectivity index (χ0n) is 17.6. The molecule has 2 aliphatic rings. The van der Waals surface area contributed by atoms with Crippen LogP contribution in [0.1, 0.15) is 20.3 Å². The van der Waals surface area contributed by atoms with Crippen molar-refractivity contribution in [3.8, 4) is 0 Å². The first-order chi connectivity index (χ1) is 13.7. The summed E-state index contributed by atoms with van der Waals surface area (Å²) in [6.45, 7) is 11.9. The van der Waals surface area contributed by atoms with Crippen LogP contribution in [0, 0.1) is 0 Å². The third-order valence-corrected chi connectivity index (χ3v) is 5.50. The van der Waals surface area contributed by atoms with Crippen LogP contribution >= 0.6 is 24.0 Å². The average molecular weight is 514 g/mol. The number of benzene rings is 1. The number of rotatable bonds is 6. The van der Waals surface area contributed by atoms with Crippen LogP contribution in [0.3, 0.4) is 0 Å². The summed E-state index contributed by atoms with van der Waals surface area (Å²) in [5.74, 6) is 1.09. The van der Waals surface area contributed by atoms with E-state index in [0.29, 0.717) is 6.04 Å². The molecule has 1 amide bonds. The number of piperazine rings is 1. The van der Waals surface area contributed by atoms with Gasteiger partial charge in [0.2, 0.25) is 5.91 Å².